The van der Waals surface area contributed by atoms with Crippen molar-refractivity contribution >= 4 is 45.2 Å². The topological polar surface area (TPSA) is 60.7 Å². The lowest BCUT2D eigenvalue weighted by molar-refractivity contribution is -0.143. The minimum atomic E-state index is -0.501. The molecule has 0 unspecified atom stereocenters. The van der Waals surface area contributed by atoms with E-state index in [1.165, 1.54) is 22.0 Å². The third-order valence-corrected chi connectivity index (χ3v) is 5.85. The minimum absolute atomic E-state index is 0.195. The predicted molar refractivity (Wildman–Crippen MR) is 109 cm³/mol. The Bertz CT molecular complexity index is 1040. The molecule has 0 saturated carbocycles. The van der Waals surface area contributed by atoms with E-state index in [2.05, 4.69) is 4.99 Å². The van der Waals surface area contributed by atoms with E-state index in [-0.39, 0.29) is 31.0 Å². The zero-order valence-electron chi connectivity index (χ0n) is 15.3. The van der Waals surface area contributed by atoms with Crippen molar-refractivity contribution in [1.29, 1.82) is 0 Å². The smallest absolute Gasteiger partial charge is 0.326 e. The molecule has 1 heterocycles. The first-order valence-corrected chi connectivity index (χ1v) is 10.6. The molecule has 3 aromatic rings. The molecule has 1 amide bonds. The standard InChI is InChI=1S/C20H19FN2O3S2/c1-2-26-18(25)13-23-19-15(21)9-6-10-16(19)28-20(23)22-17(24)11-12-27-14-7-4-3-5-8-14/h3-10H,2,11-13H2,1H3. The number of hydrogen-bond donors (Lipinski definition) is 0. The number of ether oxygens (including phenoxy) is 1. The number of halogens is 1. The molecule has 8 heteroatoms. The number of amides is 1. The lowest BCUT2D eigenvalue weighted by atomic mass is 10.3. The molecular weight excluding hydrogens is 399 g/mol. The fraction of sp³-hybridized carbons (Fsp3) is 0.250. The quantitative estimate of drug-likeness (QED) is 0.430. The van der Waals surface area contributed by atoms with Gasteiger partial charge in [0.05, 0.1) is 16.8 Å². The number of benzene rings is 2. The normalized spacial score (nSPS) is 11.7. The summed E-state index contributed by atoms with van der Waals surface area (Å²) in [6, 6.07) is 14.4. The fourth-order valence-corrected chi connectivity index (χ4v) is 4.51. The summed E-state index contributed by atoms with van der Waals surface area (Å²) >= 11 is 2.75. The minimum Gasteiger partial charge on any atom is -0.465 e. The van der Waals surface area contributed by atoms with Crippen molar-refractivity contribution in [3.63, 3.8) is 0 Å². The summed E-state index contributed by atoms with van der Waals surface area (Å²) in [4.78, 5) is 29.8. The molecule has 0 radical (unpaired) electrons. The molecule has 0 atom stereocenters. The van der Waals surface area contributed by atoms with Crippen LogP contribution in [0, 0.1) is 5.82 Å². The van der Waals surface area contributed by atoms with E-state index < -0.39 is 11.8 Å². The number of thiazole rings is 1. The molecule has 0 saturated heterocycles. The fourth-order valence-electron chi connectivity index (χ4n) is 2.59. The summed E-state index contributed by atoms with van der Waals surface area (Å²) < 4.78 is 21.3. The van der Waals surface area contributed by atoms with Gasteiger partial charge in [0.1, 0.15) is 12.4 Å². The molecule has 2 aromatic carbocycles. The SMILES string of the molecule is CCOC(=O)Cn1c(=NC(=O)CCSc2ccccc2)sc2cccc(F)c21. The number of esters is 1. The first kappa shape index (κ1) is 20.3. The summed E-state index contributed by atoms with van der Waals surface area (Å²) in [5, 5.41) is 0. The van der Waals surface area contributed by atoms with E-state index >= 15 is 0 Å². The molecule has 28 heavy (non-hydrogen) atoms. The van der Waals surface area contributed by atoms with Gasteiger partial charge in [-0.2, -0.15) is 4.99 Å². The monoisotopic (exact) mass is 418 g/mol. The highest BCUT2D eigenvalue weighted by Gasteiger charge is 2.15. The van der Waals surface area contributed by atoms with Gasteiger partial charge in [-0.3, -0.25) is 9.59 Å². The predicted octanol–water partition coefficient (Wildman–Crippen LogP) is 4.01. The number of nitrogens with zero attached hydrogens (tertiary/aromatic N) is 2. The highest BCUT2D eigenvalue weighted by molar-refractivity contribution is 7.99. The number of thioether (sulfide) groups is 1. The molecule has 0 aliphatic rings. The van der Waals surface area contributed by atoms with Crippen LogP contribution in [0.5, 0.6) is 0 Å². The third kappa shape index (κ3) is 5.08. The molecule has 0 fully saturated rings. The second-order valence-corrected chi connectivity index (χ2v) is 7.96. The van der Waals surface area contributed by atoms with E-state index in [4.69, 9.17) is 4.74 Å². The Morgan fingerprint density at radius 1 is 1.18 bits per heavy atom. The molecule has 1 aromatic heterocycles. The van der Waals surface area contributed by atoms with Gasteiger partial charge in [0.2, 0.25) is 5.91 Å². The maximum atomic E-state index is 14.3. The second kappa shape index (κ2) is 9.66. The van der Waals surface area contributed by atoms with E-state index in [9.17, 15) is 14.0 Å². The summed E-state index contributed by atoms with van der Waals surface area (Å²) in [5.41, 5.74) is 0.255. The van der Waals surface area contributed by atoms with E-state index in [0.717, 1.165) is 4.90 Å². The van der Waals surface area contributed by atoms with Crippen molar-refractivity contribution in [2.45, 2.75) is 24.8 Å². The van der Waals surface area contributed by atoms with E-state index in [1.54, 1.807) is 30.8 Å². The molecule has 0 spiro atoms. The van der Waals surface area contributed by atoms with Crippen LogP contribution < -0.4 is 4.80 Å². The van der Waals surface area contributed by atoms with Gasteiger partial charge in [-0.15, -0.1) is 11.8 Å². The maximum absolute atomic E-state index is 14.3. The number of hydrogen-bond acceptors (Lipinski definition) is 5. The Kier molecular flexibility index (Phi) is 7.00. The first-order valence-electron chi connectivity index (χ1n) is 8.77. The van der Waals surface area contributed by atoms with Crippen LogP contribution in [0.25, 0.3) is 10.2 Å². The molecule has 5 nitrogen and oxygen atoms in total. The van der Waals surface area contributed by atoms with Crippen molar-refractivity contribution < 1.29 is 18.7 Å². The van der Waals surface area contributed by atoms with Crippen LogP contribution in [0.15, 0.2) is 58.4 Å². The van der Waals surface area contributed by atoms with Gasteiger partial charge in [-0.25, -0.2) is 4.39 Å². The van der Waals surface area contributed by atoms with Crippen molar-refractivity contribution in [3.05, 3.63) is 59.1 Å². The molecular formula is C20H19FN2O3S2. The van der Waals surface area contributed by atoms with Crippen LogP contribution in [0.2, 0.25) is 0 Å². The zero-order chi connectivity index (χ0) is 19.9. The average Bonchev–Trinajstić information content (AvgIpc) is 3.01. The number of para-hydroxylation sites is 1. The van der Waals surface area contributed by atoms with Gasteiger partial charge in [-0.1, -0.05) is 35.6 Å². The van der Waals surface area contributed by atoms with E-state index in [0.29, 0.717) is 15.3 Å². The highest BCUT2D eigenvalue weighted by Crippen LogP contribution is 2.21. The zero-order valence-corrected chi connectivity index (χ0v) is 16.9. The van der Waals surface area contributed by atoms with Crippen molar-refractivity contribution in [1.82, 2.24) is 4.57 Å². The highest BCUT2D eigenvalue weighted by atomic mass is 32.2. The number of aromatic nitrogens is 1. The van der Waals surface area contributed by atoms with Crippen LogP contribution in [-0.2, 0) is 20.9 Å². The van der Waals surface area contributed by atoms with Gasteiger partial charge in [0.25, 0.3) is 0 Å². The van der Waals surface area contributed by atoms with Crippen LogP contribution in [0.3, 0.4) is 0 Å². The average molecular weight is 419 g/mol. The Morgan fingerprint density at radius 3 is 2.71 bits per heavy atom. The Morgan fingerprint density at radius 2 is 1.96 bits per heavy atom. The van der Waals surface area contributed by atoms with E-state index in [1.807, 2.05) is 30.3 Å². The van der Waals surface area contributed by atoms with Crippen LogP contribution in [-0.4, -0.2) is 28.8 Å². The van der Waals surface area contributed by atoms with Crippen molar-refractivity contribution in [2.24, 2.45) is 4.99 Å². The summed E-state index contributed by atoms with van der Waals surface area (Å²) in [7, 11) is 0. The molecule has 146 valence electrons. The van der Waals surface area contributed by atoms with Gasteiger partial charge < -0.3 is 9.30 Å². The Labute approximate surface area is 169 Å². The Balaban J connectivity index is 1.82. The van der Waals surface area contributed by atoms with Crippen LogP contribution in [0.4, 0.5) is 4.39 Å². The second-order valence-electron chi connectivity index (χ2n) is 5.78. The first-order chi connectivity index (χ1) is 13.6. The lowest BCUT2D eigenvalue weighted by Crippen LogP contribution is -2.23. The number of fused-ring (bicyclic) bond motifs is 1. The van der Waals surface area contributed by atoms with Crippen molar-refractivity contribution in [3.8, 4) is 0 Å². The van der Waals surface area contributed by atoms with Crippen LogP contribution >= 0.6 is 23.1 Å². The van der Waals surface area contributed by atoms with Gasteiger partial charge in [-0.05, 0) is 31.2 Å². The molecule has 0 aliphatic heterocycles. The molecule has 0 N–H and O–H groups in total. The third-order valence-electron chi connectivity index (χ3n) is 3.79. The largest absolute Gasteiger partial charge is 0.465 e. The Hall–Kier alpha value is -2.45. The van der Waals surface area contributed by atoms with Gasteiger partial charge in [0.15, 0.2) is 4.80 Å². The lowest BCUT2D eigenvalue weighted by Gasteiger charge is -2.05. The van der Waals surface area contributed by atoms with Gasteiger partial charge in [0, 0.05) is 17.1 Å². The summed E-state index contributed by atoms with van der Waals surface area (Å²) in [6.07, 6.45) is 0.246. The van der Waals surface area contributed by atoms with Crippen molar-refractivity contribution in [2.75, 3.05) is 12.4 Å². The number of rotatable bonds is 7. The summed E-state index contributed by atoms with van der Waals surface area (Å²) in [6.45, 7) is 1.74. The summed E-state index contributed by atoms with van der Waals surface area (Å²) in [5.74, 6) is -0.692. The number of carbonyl (C=O) groups is 2. The van der Waals surface area contributed by atoms with Gasteiger partial charge >= 0.3 is 5.97 Å². The maximum Gasteiger partial charge on any atom is 0.326 e. The molecule has 0 aliphatic carbocycles. The number of carbonyl (C=O) groups excluding carboxylic acids is 2. The molecule has 3 rings (SSSR count). The van der Waals surface area contributed by atoms with Crippen LogP contribution in [0.1, 0.15) is 13.3 Å². The molecule has 0 bridgehead atoms.